The lowest BCUT2D eigenvalue weighted by Gasteiger charge is -2.26. The van der Waals surface area contributed by atoms with E-state index in [2.05, 4.69) is 5.32 Å². The minimum atomic E-state index is -0.0852. The van der Waals surface area contributed by atoms with Gasteiger partial charge in [0.2, 0.25) is 5.91 Å². The van der Waals surface area contributed by atoms with Gasteiger partial charge in [-0.1, -0.05) is 0 Å². The molecule has 0 saturated heterocycles. The molecule has 1 aliphatic rings. The highest BCUT2D eigenvalue weighted by Gasteiger charge is 2.18. The van der Waals surface area contributed by atoms with E-state index in [9.17, 15) is 4.79 Å². The summed E-state index contributed by atoms with van der Waals surface area (Å²) in [4.78, 5) is 11.3. The van der Waals surface area contributed by atoms with Crippen molar-refractivity contribution in [3.8, 4) is 0 Å². The van der Waals surface area contributed by atoms with Crippen molar-refractivity contribution in [1.82, 2.24) is 5.32 Å². The first-order chi connectivity index (χ1) is 8.58. The summed E-state index contributed by atoms with van der Waals surface area (Å²) in [6.07, 6.45) is 4.54. The van der Waals surface area contributed by atoms with E-state index in [-0.39, 0.29) is 18.6 Å². The summed E-state index contributed by atoms with van der Waals surface area (Å²) in [6.45, 7) is 5.04. The van der Waals surface area contributed by atoms with Crippen molar-refractivity contribution in [3.63, 3.8) is 0 Å². The maximum Gasteiger partial charge on any atom is 0.246 e. The molecule has 0 aromatic rings. The van der Waals surface area contributed by atoms with Crippen LogP contribution in [0.4, 0.5) is 0 Å². The average molecular weight is 258 g/mol. The number of carbonyl (C=O) groups is 1. The monoisotopic (exact) mass is 258 g/mol. The molecule has 0 aromatic carbocycles. The predicted octanol–water partition coefficient (Wildman–Crippen LogP) is 0.814. The number of rotatable bonds is 7. The van der Waals surface area contributed by atoms with E-state index in [0.717, 1.165) is 25.7 Å². The maximum atomic E-state index is 11.3. The largest absolute Gasteiger partial charge is 0.376 e. The molecular formula is C13H26N2O3. The van der Waals surface area contributed by atoms with Gasteiger partial charge in [0, 0.05) is 12.6 Å². The molecule has 1 amide bonds. The minimum Gasteiger partial charge on any atom is -0.376 e. The zero-order valence-electron chi connectivity index (χ0n) is 11.5. The van der Waals surface area contributed by atoms with Crippen molar-refractivity contribution in [1.29, 1.82) is 0 Å². The van der Waals surface area contributed by atoms with Crippen LogP contribution >= 0.6 is 0 Å². The Hall–Kier alpha value is -0.650. The van der Waals surface area contributed by atoms with Gasteiger partial charge < -0.3 is 20.5 Å². The fraction of sp³-hybridized carbons (Fsp3) is 0.923. The first kappa shape index (κ1) is 15.4. The molecule has 0 heterocycles. The summed E-state index contributed by atoms with van der Waals surface area (Å²) in [7, 11) is 0. The highest BCUT2D eigenvalue weighted by molar-refractivity contribution is 5.77. The highest BCUT2D eigenvalue weighted by atomic mass is 16.5. The first-order valence-corrected chi connectivity index (χ1v) is 6.83. The van der Waals surface area contributed by atoms with Gasteiger partial charge in [0.05, 0.1) is 18.8 Å². The Labute approximate surface area is 109 Å². The average Bonchev–Trinajstić information content (AvgIpc) is 2.34. The summed E-state index contributed by atoms with van der Waals surface area (Å²) in [6, 6.07) is 0.345. The number of hydrogen-bond acceptors (Lipinski definition) is 4. The van der Waals surface area contributed by atoms with Crippen LogP contribution in [0.15, 0.2) is 0 Å². The molecule has 1 rings (SSSR count). The molecule has 1 saturated carbocycles. The Morgan fingerprint density at radius 2 is 2.00 bits per heavy atom. The van der Waals surface area contributed by atoms with Crippen LogP contribution in [0.5, 0.6) is 0 Å². The summed E-state index contributed by atoms with van der Waals surface area (Å²) in [5.74, 6) is -0.0852. The van der Waals surface area contributed by atoms with Gasteiger partial charge >= 0.3 is 0 Å². The zero-order chi connectivity index (χ0) is 13.4. The number of nitrogens with two attached hydrogens (primary N) is 1. The molecule has 0 atom stereocenters. The van der Waals surface area contributed by atoms with Gasteiger partial charge in [-0.25, -0.2) is 0 Å². The Kier molecular flexibility index (Phi) is 7.23. The smallest absolute Gasteiger partial charge is 0.246 e. The van der Waals surface area contributed by atoms with E-state index < -0.39 is 0 Å². The van der Waals surface area contributed by atoms with Crippen LogP contribution in [-0.4, -0.2) is 43.9 Å². The number of hydrogen-bond donors (Lipinski definition) is 2. The van der Waals surface area contributed by atoms with Crippen molar-refractivity contribution in [3.05, 3.63) is 0 Å². The highest BCUT2D eigenvalue weighted by Crippen LogP contribution is 2.19. The van der Waals surface area contributed by atoms with Gasteiger partial charge in [-0.3, -0.25) is 4.79 Å². The van der Waals surface area contributed by atoms with Gasteiger partial charge in [0.25, 0.3) is 0 Å². The topological polar surface area (TPSA) is 73.6 Å². The fourth-order valence-electron chi connectivity index (χ4n) is 1.96. The molecule has 18 heavy (non-hydrogen) atoms. The van der Waals surface area contributed by atoms with Crippen LogP contribution in [0.2, 0.25) is 0 Å². The van der Waals surface area contributed by atoms with Crippen LogP contribution in [0.25, 0.3) is 0 Å². The number of carbonyl (C=O) groups excluding carboxylic acids is 1. The Morgan fingerprint density at radius 3 is 2.61 bits per heavy atom. The molecule has 0 bridgehead atoms. The molecule has 0 unspecified atom stereocenters. The van der Waals surface area contributed by atoms with E-state index in [1.165, 1.54) is 0 Å². The SMILES string of the molecule is CC(C)OCC(=O)NCCOC1CCC(N)CC1. The third-order valence-corrected chi connectivity index (χ3v) is 3.04. The number of amides is 1. The molecule has 5 nitrogen and oxygen atoms in total. The van der Waals surface area contributed by atoms with Crippen LogP contribution in [0.1, 0.15) is 39.5 Å². The maximum absolute atomic E-state index is 11.3. The molecule has 3 N–H and O–H groups in total. The Bertz CT molecular complexity index is 238. The Balaban J connectivity index is 1.96. The quantitative estimate of drug-likeness (QED) is 0.663. The molecule has 0 radical (unpaired) electrons. The molecule has 5 heteroatoms. The van der Waals surface area contributed by atoms with Crippen LogP contribution in [0, 0.1) is 0 Å². The third-order valence-electron chi connectivity index (χ3n) is 3.04. The van der Waals surface area contributed by atoms with E-state index >= 15 is 0 Å². The molecule has 0 aromatic heterocycles. The lowest BCUT2D eigenvalue weighted by atomic mass is 9.94. The van der Waals surface area contributed by atoms with E-state index in [1.807, 2.05) is 13.8 Å². The van der Waals surface area contributed by atoms with Crippen molar-refractivity contribution >= 4 is 5.91 Å². The van der Waals surface area contributed by atoms with Gasteiger partial charge in [-0.15, -0.1) is 0 Å². The number of nitrogens with one attached hydrogen (secondary N) is 1. The number of ether oxygens (including phenoxy) is 2. The van der Waals surface area contributed by atoms with Crippen molar-refractivity contribution < 1.29 is 14.3 Å². The van der Waals surface area contributed by atoms with E-state index in [0.29, 0.717) is 25.3 Å². The molecular weight excluding hydrogens is 232 g/mol. The lowest BCUT2D eigenvalue weighted by Crippen LogP contribution is -2.34. The second kappa shape index (κ2) is 8.45. The van der Waals surface area contributed by atoms with E-state index in [1.54, 1.807) is 0 Å². The van der Waals surface area contributed by atoms with Crippen LogP contribution < -0.4 is 11.1 Å². The molecule has 0 aliphatic heterocycles. The summed E-state index contributed by atoms with van der Waals surface area (Å²) < 4.78 is 10.9. The van der Waals surface area contributed by atoms with Crippen LogP contribution in [0.3, 0.4) is 0 Å². The minimum absolute atomic E-state index is 0.0819. The van der Waals surface area contributed by atoms with Gasteiger partial charge in [-0.05, 0) is 39.5 Å². The third kappa shape index (κ3) is 6.93. The van der Waals surface area contributed by atoms with Crippen molar-refractivity contribution in [2.24, 2.45) is 5.73 Å². The summed E-state index contributed by atoms with van der Waals surface area (Å²) >= 11 is 0. The lowest BCUT2D eigenvalue weighted by molar-refractivity contribution is -0.127. The second-order valence-electron chi connectivity index (χ2n) is 5.12. The van der Waals surface area contributed by atoms with Gasteiger partial charge in [0.1, 0.15) is 6.61 Å². The molecule has 106 valence electrons. The van der Waals surface area contributed by atoms with E-state index in [4.69, 9.17) is 15.2 Å². The molecule has 1 fully saturated rings. The van der Waals surface area contributed by atoms with Crippen LogP contribution in [-0.2, 0) is 14.3 Å². The summed E-state index contributed by atoms with van der Waals surface area (Å²) in [5, 5.41) is 2.77. The van der Waals surface area contributed by atoms with Crippen molar-refractivity contribution in [2.45, 2.75) is 57.8 Å². The molecule has 1 aliphatic carbocycles. The molecule has 0 spiro atoms. The normalized spacial score (nSPS) is 24.2. The van der Waals surface area contributed by atoms with Gasteiger partial charge in [-0.2, -0.15) is 0 Å². The Morgan fingerprint density at radius 1 is 1.33 bits per heavy atom. The standard InChI is InChI=1S/C13H26N2O3/c1-10(2)18-9-13(16)15-7-8-17-12-5-3-11(14)4-6-12/h10-12H,3-9,14H2,1-2H3,(H,15,16). The van der Waals surface area contributed by atoms with Gasteiger partial charge in [0.15, 0.2) is 0 Å². The predicted molar refractivity (Wildman–Crippen MR) is 70.3 cm³/mol. The zero-order valence-corrected chi connectivity index (χ0v) is 11.5. The first-order valence-electron chi connectivity index (χ1n) is 6.83. The summed E-state index contributed by atoms with van der Waals surface area (Å²) in [5.41, 5.74) is 5.82. The second-order valence-corrected chi connectivity index (χ2v) is 5.12. The van der Waals surface area contributed by atoms with Crippen molar-refractivity contribution in [2.75, 3.05) is 19.8 Å². The fourth-order valence-corrected chi connectivity index (χ4v) is 1.96.